The second-order valence-electron chi connectivity index (χ2n) is 10.8. The van der Waals surface area contributed by atoms with Crippen molar-refractivity contribution in [2.24, 2.45) is 5.41 Å². The fourth-order valence-electron chi connectivity index (χ4n) is 5.96. The summed E-state index contributed by atoms with van der Waals surface area (Å²) in [5, 5.41) is 14.2. The second kappa shape index (κ2) is 10.8. The average Bonchev–Trinajstić information content (AvgIpc) is 3.40. The number of piperidine rings is 2. The zero-order valence-electron chi connectivity index (χ0n) is 21.2. The first-order chi connectivity index (χ1) is 17.1. The van der Waals surface area contributed by atoms with Crippen molar-refractivity contribution in [1.82, 2.24) is 20.1 Å². The molecule has 9 heteroatoms. The molecule has 1 aromatic heterocycles. The molecule has 4 aliphatic heterocycles. The summed E-state index contributed by atoms with van der Waals surface area (Å²) in [6.07, 6.45) is 8.04. The second-order valence-corrected chi connectivity index (χ2v) is 10.8. The molecule has 1 aromatic rings. The zero-order chi connectivity index (χ0) is 24.3. The van der Waals surface area contributed by atoms with E-state index in [1.54, 1.807) is 0 Å². The highest BCUT2D eigenvalue weighted by Crippen LogP contribution is 2.40. The van der Waals surface area contributed by atoms with Gasteiger partial charge in [-0.05, 0) is 57.7 Å². The molecule has 0 saturated carbocycles. The first-order valence-electron chi connectivity index (χ1n) is 13.4. The Balaban J connectivity index is 1.22. The lowest BCUT2D eigenvalue weighted by Gasteiger charge is -2.47. The van der Waals surface area contributed by atoms with Crippen LogP contribution in [-0.2, 0) is 4.74 Å². The maximum atomic E-state index is 13.5. The molecule has 1 spiro atoms. The summed E-state index contributed by atoms with van der Waals surface area (Å²) in [5.74, 6) is 1.31. The van der Waals surface area contributed by atoms with Crippen LogP contribution in [0, 0.1) is 10.8 Å². The van der Waals surface area contributed by atoms with Crippen LogP contribution in [0.1, 0.15) is 54.4 Å². The minimum atomic E-state index is -0.0685. The van der Waals surface area contributed by atoms with E-state index in [-0.39, 0.29) is 11.9 Å². The van der Waals surface area contributed by atoms with E-state index in [1.165, 1.54) is 38.7 Å². The van der Waals surface area contributed by atoms with Crippen LogP contribution in [0.5, 0.6) is 0 Å². The van der Waals surface area contributed by atoms with E-state index in [0.717, 1.165) is 77.4 Å². The van der Waals surface area contributed by atoms with Gasteiger partial charge in [-0.3, -0.25) is 4.79 Å². The van der Waals surface area contributed by atoms with E-state index >= 15 is 0 Å². The SMILES string of the molecule is CNc1nc(N2CCC3(CC2)COC3)c(C(=O)NC2CCN(CCN3CCCC3)CC2)cc1C=N. The fraction of sp³-hybridized carbons (Fsp3) is 0.731. The molecule has 0 aromatic carbocycles. The highest BCUT2D eigenvalue weighted by atomic mass is 16.5. The number of pyridine rings is 1. The van der Waals surface area contributed by atoms with Crippen molar-refractivity contribution >= 4 is 23.8 Å². The maximum absolute atomic E-state index is 13.5. The van der Waals surface area contributed by atoms with Gasteiger partial charge in [0.15, 0.2) is 0 Å². The van der Waals surface area contributed by atoms with Crippen LogP contribution in [0.15, 0.2) is 6.07 Å². The summed E-state index contributed by atoms with van der Waals surface area (Å²) in [5.41, 5.74) is 1.54. The number of nitrogens with zero attached hydrogens (tertiary/aromatic N) is 4. The maximum Gasteiger partial charge on any atom is 0.255 e. The van der Waals surface area contributed by atoms with Crippen LogP contribution in [-0.4, -0.2) is 106 Å². The molecular weight excluding hydrogens is 442 g/mol. The van der Waals surface area contributed by atoms with Gasteiger partial charge in [-0.1, -0.05) is 0 Å². The van der Waals surface area contributed by atoms with Gasteiger partial charge in [-0.25, -0.2) is 4.98 Å². The van der Waals surface area contributed by atoms with Crippen LogP contribution in [0.4, 0.5) is 11.6 Å². The minimum Gasteiger partial charge on any atom is -0.380 e. The summed E-state index contributed by atoms with van der Waals surface area (Å²) in [7, 11) is 1.81. The predicted molar refractivity (Wildman–Crippen MR) is 139 cm³/mol. The lowest BCUT2D eigenvalue weighted by Crippen LogP contribution is -2.51. The van der Waals surface area contributed by atoms with Crippen molar-refractivity contribution in [2.75, 3.05) is 82.8 Å². The zero-order valence-corrected chi connectivity index (χ0v) is 21.2. The topological polar surface area (TPSA) is 96.8 Å². The summed E-state index contributed by atoms with van der Waals surface area (Å²) >= 11 is 0. The monoisotopic (exact) mass is 483 g/mol. The number of likely N-dealkylation sites (tertiary alicyclic amines) is 2. The number of ether oxygens (including phenoxy) is 1. The Morgan fingerprint density at radius 3 is 2.34 bits per heavy atom. The molecule has 0 bridgehead atoms. The predicted octanol–water partition coefficient (Wildman–Crippen LogP) is 2.03. The molecule has 5 rings (SSSR count). The van der Waals surface area contributed by atoms with Crippen molar-refractivity contribution in [3.63, 3.8) is 0 Å². The molecule has 4 aliphatic rings. The third kappa shape index (κ3) is 5.47. The molecular formula is C26H41N7O2. The summed E-state index contributed by atoms with van der Waals surface area (Å²) in [6.45, 7) is 10.3. The van der Waals surface area contributed by atoms with E-state index in [0.29, 0.717) is 22.4 Å². The number of amides is 1. The number of rotatable bonds is 8. The van der Waals surface area contributed by atoms with E-state index in [2.05, 4.69) is 25.3 Å². The number of hydrogen-bond donors (Lipinski definition) is 3. The van der Waals surface area contributed by atoms with Crippen molar-refractivity contribution in [1.29, 1.82) is 5.41 Å². The molecule has 5 heterocycles. The van der Waals surface area contributed by atoms with E-state index in [1.807, 2.05) is 13.1 Å². The first-order valence-corrected chi connectivity index (χ1v) is 13.4. The lowest BCUT2D eigenvalue weighted by atomic mass is 9.77. The van der Waals surface area contributed by atoms with Gasteiger partial charge in [-0.2, -0.15) is 0 Å². The Kier molecular flexibility index (Phi) is 7.55. The van der Waals surface area contributed by atoms with Crippen LogP contribution in [0.3, 0.4) is 0 Å². The van der Waals surface area contributed by atoms with Gasteiger partial charge in [0.2, 0.25) is 0 Å². The van der Waals surface area contributed by atoms with Gasteiger partial charge >= 0.3 is 0 Å². The standard InChI is InChI=1S/C26H41N7O2/c1-28-23-20(17-27)16-22(24(30-23)33-12-6-26(7-13-33)18-35-19-26)25(34)29-21-4-10-32(11-5-21)15-14-31-8-2-3-9-31/h16-17,21,27H,2-15,18-19H2,1H3,(H,28,30)(H,29,34). The van der Waals surface area contributed by atoms with Crippen molar-refractivity contribution < 1.29 is 9.53 Å². The number of hydrogen-bond acceptors (Lipinski definition) is 8. The van der Waals surface area contributed by atoms with Gasteiger partial charge in [0.25, 0.3) is 5.91 Å². The number of aromatic nitrogens is 1. The smallest absolute Gasteiger partial charge is 0.255 e. The first kappa shape index (κ1) is 24.5. The van der Waals surface area contributed by atoms with Gasteiger partial charge < -0.3 is 35.5 Å². The molecule has 4 saturated heterocycles. The minimum absolute atomic E-state index is 0.0685. The summed E-state index contributed by atoms with van der Waals surface area (Å²) in [6, 6.07) is 2.01. The molecule has 0 aliphatic carbocycles. The molecule has 4 fully saturated rings. The number of anilines is 2. The summed E-state index contributed by atoms with van der Waals surface area (Å²) < 4.78 is 5.48. The van der Waals surface area contributed by atoms with E-state index in [4.69, 9.17) is 15.1 Å². The summed E-state index contributed by atoms with van der Waals surface area (Å²) in [4.78, 5) is 25.7. The molecule has 35 heavy (non-hydrogen) atoms. The normalized spacial score (nSPS) is 23.3. The Labute approximate surface area is 209 Å². The highest BCUT2D eigenvalue weighted by Gasteiger charge is 2.42. The molecule has 0 unspecified atom stereocenters. The Morgan fingerprint density at radius 1 is 1.11 bits per heavy atom. The van der Waals surface area contributed by atoms with Gasteiger partial charge in [0.1, 0.15) is 11.6 Å². The molecule has 3 N–H and O–H groups in total. The van der Waals surface area contributed by atoms with Crippen molar-refractivity contribution in [3.8, 4) is 0 Å². The van der Waals surface area contributed by atoms with Gasteiger partial charge in [-0.15, -0.1) is 0 Å². The number of carbonyl (C=O) groups is 1. The quantitative estimate of drug-likeness (QED) is 0.487. The van der Waals surface area contributed by atoms with Gasteiger partial charge in [0, 0.05) is 69.6 Å². The van der Waals surface area contributed by atoms with E-state index in [9.17, 15) is 4.79 Å². The Bertz CT molecular complexity index is 895. The third-order valence-electron chi connectivity index (χ3n) is 8.46. The lowest BCUT2D eigenvalue weighted by molar-refractivity contribution is -0.124. The Hall–Kier alpha value is -2.23. The largest absolute Gasteiger partial charge is 0.380 e. The average molecular weight is 484 g/mol. The molecule has 9 nitrogen and oxygen atoms in total. The van der Waals surface area contributed by atoms with Crippen LogP contribution >= 0.6 is 0 Å². The molecule has 0 radical (unpaired) electrons. The van der Waals surface area contributed by atoms with Gasteiger partial charge in [0.05, 0.1) is 18.8 Å². The van der Waals surface area contributed by atoms with E-state index < -0.39 is 0 Å². The van der Waals surface area contributed by atoms with Crippen LogP contribution < -0.4 is 15.5 Å². The third-order valence-corrected chi connectivity index (χ3v) is 8.46. The van der Waals surface area contributed by atoms with Crippen LogP contribution in [0.2, 0.25) is 0 Å². The number of nitrogens with one attached hydrogen (secondary N) is 3. The van der Waals surface area contributed by atoms with Crippen LogP contribution in [0.25, 0.3) is 0 Å². The molecule has 1 amide bonds. The molecule has 0 atom stereocenters. The van der Waals surface area contributed by atoms with Crippen molar-refractivity contribution in [2.45, 2.75) is 44.6 Å². The fourth-order valence-corrected chi connectivity index (χ4v) is 5.96. The molecule has 192 valence electrons. The number of carbonyl (C=O) groups excluding carboxylic acids is 1. The van der Waals surface area contributed by atoms with Crippen molar-refractivity contribution in [3.05, 3.63) is 17.2 Å². The highest BCUT2D eigenvalue weighted by molar-refractivity contribution is 6.02. The Morgan fingerprint density at radius 2 is 1.77 bits per heavy atom.